The minimum Gasteiger partial charge on any atom is -0.0993 e. The summed E-state index contributed by atoms with van der Waals surface area (Å²) in [6.45, 7) is 9.48. The molecule has 0 aromatic carbocycles. The van der Waals surface area contributed by atoms with Crippen molar-refractivity contribution >= 4 is 0 Å². The van der Waals surface area contributed by atoms with Gasteiger partial charge >= 0.3 is 0 Å². The number of hydrogen-bond donors (Lipinski definition) is 0. The third kappa shape index (κ3) is 2.23. The summed E-state index contributed by atoms with van der Waals surface area (Å²) in [6.07, 6.45) is 13.5. The van der Waals surface area contributed by atoms with Crippen LogP contribution in [0.2, 0.25) is 0 Å². The van der Waals surface area contributed by atoms with Crippen LogP contribution in [0, 0.1) is 40.9 Å². The van der Waals surface area contributed by atoms with Crippen LogP contribution >= 0.6 is 0 Å². The predicted molar refractivity (Wildman–Crippen MR) is 92.1 cm³/mol. The van der Waals surface area contributed by atoms with Gasteiger partial charge in [-0.3, -0.25) is 0 Å². The van der Waals surface area contributed by atoms with E-state index in [4.69, 9.17) is 0 Å². The van der Waals surface area contributed by atoms with Crippen molar-refractivity contribution in [2.24, 2.45) is 40.9 Å². The quantitative estimate of drug-likeness (QED) is 0.448. The molecule has 7 unspecified atom stereocenters. The molecular formula is C21H36. The van der Waals surface area contributed by atoms with Gasteiger partial charge in [0.15, 0.2) is 0 Å². The molecule has 0 heterocycles. The second-order valence-corrected chi connectivity index (χ2v) is 8.95. The summed E-state index contributed by atoms with van der Waals surface area (Å²) in [4.78, 5) is 0. The fourth-order valence-corrected chi connectivity index (χ4v) is 6.99. The Morgan fingerprint density at radius 2 is 1.71 bits per heavy atom. The van der Waals surface area contributed by atoms with Crippen LogP contribution in [-0.2, 0) is 0 Å². The Morgan fingerprint density at radius 3 is 2.52 bits per heavy atom. The first kappa shape index (κ1) is 15.6. The molecule has 0 bridgehead atoms. The second-order valence-electron chi connectivity index (χ2n) is 8.95. The van der Waals surface area contributed by atoms with E-state index < -0.39 is 0 Å². The van der Waals surface area contributed by atoms with Gasteiger partial charge in [0, 0.05) is 0 Å². The zero-order valence-corrected chi connectivity index (χ0v) is 13.5. The van der Waals surface area contributed by atoms with Crippen LogP contribution in [0.5, 0.6) is 0 Å². The molecule has 4 saturated carbocycles. The van der Waals surface area contributed by atoms with Crippen LogP contribution in [0.4, 0.5) is 0 Å². The first-order chi connectivity index (χ1) is 9.59. The molecule has 120 valence electrons. The highest BCUT2D eigenvalue weighted by molar-refractivity contribution is 5.20. The second kappa shape index (κ2) is 5.43. The smallest absolute Gasteiger partial charge is 0.00879 e. The Bertz CT molecular complexity index is 408. The van der Waals surface area contributed by atoms with Gasteiger partial charge in [-0.15, -0.1) is 0 Å². The molecule has 0 heteroatoms. The summed E-state index contributed by atoms with van der Waals surface area (Å²) < 4.78 is 0. The predicted octanol–water partition coefficient (Wildman–Crippen LogP) is 6.47. The number of rotatable bonds is 0. The molecule has 4 aliphatic carbocycles. The largest absolute Gasteiger partial charge is 0.0993 e. The molecule has 4 aliphatic rings. The highest BCUT2D eigenvalue weighted by atomic mass is 14.6. The summed E-state index contributed by atoms with van der Waals surface area (Å²) in [7, 11) is 0. The van der Waals surface area contributed by atoms with E-state index in [1.807, 2.05) is 0 Å². The molecule has 21 heavy (non-hydrogen) atoms. The molecule has 0 radical (unpaired) electrons. The van der Waals surface area contributed by atoms with E-state index in [-0.39, 0.29) is 7.43 Å². The molecule has 0 nitrogen and oxygen atoms in total. The van der Waals surface area contributed by atoms with E-state index in [9.17, 15) is 0 Å². The lowest BCUT2D eigenvalue weighted by atomic mass is 9.50. The number of fused-ring (bicyclic) bond motifs is 5. The van der Waals surface area contributed by atoms with Crippen LogP contribution in [-0.4, -0.2) is 0 Å². The fraction of sp³-hybridized carbons (Fsp3) is 0.905. The lowest BCUT2D eigenvalue weighted by Gasteiger charge is -2.55. The maximum Gasteiger partial charge on any atom is -0.00879 e. The summed E-state index contributed by atoms with van der Waals surface area (Å²) in [5.74, 6) is 6.34. The van der Waals surface area contributed by atoms with Crippen molar-refractivity contribution in [2.75, 3.05) is 0 Å². The average Bonchev–Trinajstić information content (AvgIpc) is 2.74. The molecule has 4 fully saturated rings. The zero-order chi connectivity index (χ0) is 13.9. The summed E-state index contributed by atoms with van der Waals surface area (Å²) in [5.41, 5.74) is 2.12. The van der Waals surface area contributed by atoms with E-state index in [1.165, 1.54) is 32.1 Å². The molecule has 0 N–H and O–H groups in total. The van der Waals surface area contributed by atoms with Gasteiger partial charge in [0.25, 0.3) is 0 Å². The van der Waals surface area contributed by atoms with E-state index in [1.54, 1.807) is 31.3 Å². The average molecular weight is 289 g/mol. The van der Waals surface area contributed by atoms with Gasteiger partial charge in [-0.2, -0.15) is 0 Å². The molecule has 0 spiro atoms. The minimum atomic E-state index is 0. The van der Waals surface area contributed by atoms with Crippen LogP contribution in [0.1, 0.15) is 79.1 Å². The topological polar surface area (TPSA) is 0 Å². The molecule has 0 aliphatic heterocycles. The number of hydrogen-bond acceptors (Lipinski definition) is 0. The Hall–Kier alpha value is -0.260. The van der Waals surface area contributed by atoms with Gasteiger partial charge in [0.1, 0.15) is 0 Å². The van der Waals surface area contributed by atoms with Crippen molar-refractivity contribution in [3.8, 4) is 0 Å². The summed E-state index contributed by atoms with van der Waals surface area (Å²) >= 11 is 0. The number of allylic oxidation sites excluding steroid dienone is 1. The highest BCUT2D eigenvalue weighted by Crippen LogP contribution is 2.63. The third-order valence-electron chi connectivity index (χ3n) is 8.17. The van der Waals surface area contributed by atoms with Crippen molar-refractivity contribution in [3.05, 3.63) is 12.2 Å². The van der Waals surface area contributed by atoms with Gasteiger partial charge < -0.3 is 0 Å². The molecule has 0 saturated heterocycles. The highest BCUT2D eigenvalue weighted by Gasteiger charge is 2.54. The Balaban J connectivity index is 0.00000132. The van der Waals surface area contributed by atoms with E-state index >= 15 is 0 Å². The minimum absolute atomic E-state index is 0. The monoisotopic (exact) mass is 288 g/mol. The van der Waals surface area contributed by atoms with Crippen LogP contribution < -0.4 is 0 Å². The van der Waals surface area contributed by atoms with Crippen molar-refractivity contribution in [3.63, 3.8) is 0 Å². The lowest BCUT2D eigenvalue weighted by molar-refractivity contribution is -0.0469. The van der Waals surface area contributed by atoms with Crippen molar-refractivity contribution in [2.45, 2.75) is 79.1 Å². The van der Waals surface area contributed by atoms with Gasteiger partial charge in [-0.05, 0) is 92.3 Å². The third-order valence-corrected chi connectivity index (χ3v) is 8.17. The van der Waals surface area contributed by atoms with E-state index in [0.29, 0.717) is 5.41 Å². The van der Waals surface area contributed by atoms with Gasteiger partial charge in [-0.1, -0.05) is 39.8 Å². The van der Waals surface area contributed by atoms with Crippen molar-refractivity contribution in [1.29, 1.82) is 0 Å². The normalized spacial score (nSPS) is 52.4. The maximum absolute atomic E-state index is 4.44. The molecule has 0 aromatic heterocycles. The first-order valence-corrected chi connectivity index (χ1v) is 9.28. The Morgan fingerprint density at radius 1 is 0.952 bits per heavy atom. The van der Waals surface area contributed by atoms with Crippen LogP contribution in [0.25, 0.3) is 0 Å². The van der Waals surface area contributed by atoms with Gasteiger partial charge in [-0.25, -0.2) is 0 Å². The maximum atomic E-state index is 4.44. The van der Waals surface area contributed by atoms with Crippen LogP contribution in [0.3, 0.4) is 0 Å². The van der Waals surface area contributed by atoms with E-state index in [2.05, 4.69) is 20.4 Å². The van der Waals surface area contributed by atoms with E-state index in [0.717, 1.165) is 35.5 Å². The fourth-order valence-electron chi connectivity index (χ4n) is 6.99. The Labute approximate surface area is 132 Å². The zero-order valence-electron chi connectivity index (χ0n) is 13.5. The SMILES string of the molecule is C.C=C1CCC2C3CCC4CC(C)CCC4C3CCC12C. The lowest BCUT2D eigenvalue weighted by Crippen LogP contribution is -2.47. The van der Waals surface area contributed by atoms with Gasteiger partial charge in [0.2, 0.25) is 0 Å². The molecule has 7 atom stereocenters. The van der Waals surface area contributed by atoms with Crippen LogP contribution in [0.15, 0.2) is 12.2 Å². The Kier molecular flexibility index (Phi) is 4.04. The van der Waals surface area contributed by atoms with Crippen molar-refractivity contribution < 1.29 is 0 Å². The first-order valence-electron chi connectivity index (χ1n) is 9.28. The van der Waals surface area contributed by atoms with Gasteiger partial charge in [0.05, 0.1) is 0 Å². The summed E-state index contributed by atoms with van der Waals surface area (Å²) in [5, 5.41) is 0. The van der Waals surface area contributed by atoms with Crippen molar-refractivity contribution in [1.82, 2.24) is 0 Å². The molecule has 0 aromatic rings. The molecular weight excluding hydrogens is 252 g/mol. The molecule has 4 rings (SSSR count). The molecule has 0 amide bonds. The standard InChI is InChI=1S/C20H32.CH4/c1-13-4-7-16-15(12-13)6-8-18-17(16)10-11-20(3)14(2)5-9-19(18)20;/h13,15-19H,2,4-12H2,1,3H3;1H4. The summed E-state index contributed by atoms with van der Waals surface area (Å²) in [6, 6.07) is 0.